The van der Waals surface area contributed by atoms with Crippen molar-refractivity contribution in [1.82, 2.24) is 15.0 Å². The van der Waals surface area contributed by atoms with E-state index < -0.39 is 0 Å². The molecule has 5 nitrogen and oxygen atoms in total. The number of aryl methyl sites for hydroxylation is 1. The van der Waals surface area contributed by atoms with Gasteiger partial charge in [0.25, 0.3) is 0 Å². The van der Waals surface area contributed by atoms with Gasteiger partial charge in [0.05, 0.1) is 28.2 Å². The van der Waals surface area contributed by atoms with Gasteiger partial charge in [-0.25, -0.2) is 15.0 Å². The van der Waals surface area contributed by atoms with E-state index in [1.165, 1.54) is 22.9 Å². The maximum Gasteiger partial charge on any atom is 0.173 e. The molecule has 0 amide bonds. The number of halogens is 1. The lowest BCUT2D eigenvalue weighted by atomic mass is 9.88. The van der Waals surface area contributed by atoms with Crippen molar-refractivity contribution in [3.63, 3.8) is 0 Å². The normalized spacial score (nSPS) is 15.2. The molecule has 0 N–H and O–H groups in total. The van der Waals surface area contributed by atoms with E-state index in [0.29, 0.717) is 22.9 Å². The third kappa shape index (κ3) is 4.39. The van der Waals surface area contributed by atoms with E-state index in [2.05, 4.69) is 30.7 Å². The lowest BCUT2D eigenvalue weighted by molar-refractivity contribution is -0.0401. The van der Waals surface area contributed by atoms with Gasteiger partial charge in [0, 0.05) is 33.7 Å². The fourth-order valence-corrected chi connectivity index (χ4v) is 6.53. The average molecular weight is 498 g/mol. The number of fused-ring (bicyclic) bond motifs is 5. The van der Waals surface area contributed by atoms with Crippen LogP contribution >= 0.6 is 34.7 Å². The molecule has 0 atom stereocenters. The molecule has 5 rings (SSSR count). The molecule has 0 spiro atoms. The van der Waals surface area contributed by atoms with Crippen molar-refractivity contribution in [2.24, 2.45) is 0 Å². The Kier molecular flexibility index (Phi) is 6.16. The number of ketones is 1. The molecule has 1 aromatic carbocycles. The topological polar surface area (TPSA) is 65.0 Å². The zero-order chi connectivity index (χ0) is 23.2. The number of benzene rings is 1. The Hall–Kier alpha value is -2.06. The molecular weight excluding hydrogens is 474 g/mol. The molecule has 1 aliphatic rings. The van der Waals surface area contributed by atoms with Crippen LogP contribution in [0, 0.1) is 0 Å². The number of hydrogen-bond donors (Lipinski definition) is 0. The summed E-state index contributed by atoms with van der Waals surface area (Å²) in [6, 6.07) is 7.00. The molecule has 1 aliphatic heterocycles. The summed E-state index contributed by atoms with van der Waals surface area (Å²) in [5.41, 5.74) is 5.00. The fraction of sp³-hybridized carbons (Fsp3) is 0.360. The Bertz CT molecular complexity index is 1370. The van der Waals surface area contributed by atoms with Gasteiger partial charge in [-0.1, -0.05) is 36.7 Å². The van der Waals surface area contributed by atoms with E-state index in [-0.39, 0.29) is 11.4 Å². The van der Waals surface area contributed by atoms with Gasteiger partial charge in [0.15, 0.2) is 5.78 Å². The molecule has 0 bridgehead atoms. The predicted octanol–water partition coefficient (Wildman–Crippen LogP) is 6.67. The van der Waals surface area contributed by atoms with Crippen LogP contribution in [-0.4, -0.2) is 32.1 Å². The van der Waals surface area contributed by atoms with Crippen molar-refractivity contribution in [1.29, 1.82) is 0 Å². The zero-order valence-electron chi connectivity index (χ0n) is 18.8. The van der Waals surface area contributed by atoms with Crippen LogP contribution in [0.25, 0.3) is 20.4 Å². The number of Topliss-reactive ketones (excluding diaryl/α,β-unsaturated/α-hetero) is 1. The van der Waals surface area contributed by atoms with Gasteiger partial charge in [0.1, 0.15) is 16.2 Å². The van der Waals surface area contributed by atoms with E-state index in [9.17, 15) is 4.79 Å². The second-order valence-electron chi connectivity index (χ2n) is 8.85. The van der Waals surface area contributed by atoms with Crippen molar-refractivity contribution >= 4 is 60.9 Å². The first-order valence-electron chi connectivity index (χ1n) is 11.0. The number of nitrogens with zero attached hydrogens (tertiary/aromatic N) is 3. The van der Waals surface area contributed by atoms with Gasteiger partial charge < -0.3 is 4.74 Å². The summed E-state index contributed by atoms with van der Waals surface area (Å²) >= 11 is 9.02. The highest BCUT2D eigenvalue weighted by molar-refractivity contribution is 8.00. The van der Waals surface area contributed by atoms with Crippen LogP contribution in [0.5, 0.6) is 0 Å². The van der Waals surface area contributed by atoms with E-state index >= 15 is 0 Å². The standard InChI is InChI=1S/C25H24ClN3O2S2/c1-4-5-18-17-11-31-25(2,3)10-16(17)20-21-22(33-23(20)29-18)24(28-13-27-21)32-12-19(30)14-6-8-15(26)9-7-14/h6-9,13H,4-5,10-12H2,1-3H3. The Balaban J connectivity index is 1.56. The van der Waals surface area contributed by atoms with Crippen LogP contribution in [0.2, 0.25) is 5.02 Å². The molecule has 0 saturated heterocycles. The van der Waals surface area contributed by atoms with E-state index in [0.717, 1.165) is 50.4 Å². The number of pyridine rings is 1. The Labute approximate surface area is 205 Å². The molecule has 0 saturated carbocycles. The van der Waals surface area contributed by atoms with Crippen LogP contribution in [0.1, 0.15) is 54.4 Å². The van der Waals surface area contributed by atoms with Gasteiger partial charge in [-0.3, -0.25) is 4.79 Å². The smallest absolute Gasteiger partial charge is 0.173 e. The van der Waals surface area contributed by atoms with Crippen molar-refractivity contribution in [2.75, 3.05) is 5.75 Å². The van der Waals surface area contributed by atoms with Crippen LogP contribution in [-0.2, 0) is 24.2 Å². The van der Waals surface area contributed by atoms with E-state index in [1.54, 1.807) is 41.9 Å². The number of aromatic nitrogens is 3. The average Bonchev–Trinajstić information content (AvgIpc) is 3.16. The molecular formula is C25H24ClN3O2S2. The maximum absolute atomic E-state index is 12.7. The van der Waals surface area contributed by atoms with Crippen molar-refractivity contribution < 1.29 is 9.53 Å². The van der Waals surface area contributed by atoms with Crippen molar-refractivity contribution in [3.05, 3.63) is 58.0 Å². The minimum absolute atomic E-state index is 0.0455. The molecule has 0 fully saturated rings. The Morgan fingerprint density at radius 2 is 2.00 bits per heavy atom. The zero-order valence-corrected chi connectivity index (χ0v) is 21.2. The Morgan fingerprint density at radius 1 is 1.21 bits per heavy atom. The predicted molar refractivity (Wildman–Crippen MR) is 136 cm³/mol. The monoisotopic (exact) mass is 497 g/mol. The Morgan fingerprint density at radius 3 is 2.76 bits per heavy atom. The third-order valence-electron chi connectivity index (χ3n) is 5.87. The molecule has 4 heterocycles. The third-order valence-corrected chi connectivity index (χ3v) is 8.32. The van der Waals surface area contributed by atoms with Crippen LogP contribution in [0.4, 0.5) is 0 Å². The summed E-state index contributed by atoms with van der Waals surface area (Å²) < 4.78 is 7.13. The summed E-state index contributed by atoms with van der Waals surface area (Å²) in [6.07, 6.45) is 4.39. The van der Waals surface area contributed by atoms with Gasteiger partial charge in [0.2, 0.25) is 0 Å². The fourth-order valence-electron chi connectivity index (χ4n) is 4.25. The van der Waals surface area contributed by atoms with Gasteiger partial charge in [-0.2, -0.15) is 0 Å². The van der Waals surface area contributed by atoms with Crippen LogP contribution in [0.3, 0.4) is 0 Å². The van der Waals surface area contributed by atoms with Gasteiger partial charge in [-0.05, 0) is 50.1 Å². The number of rotatable bonds is 6. The lowest BCUT2D eigenvalue weighted by Gasteiger charge is -2.33. The second kappa shape index (κ2) is 8.95. The lowest BCUT2D eigenvalue weighted by Crippen LogP contribution is -2.32. The molecule has 0 radical (unpaired) electrons. The van der Waals surface area contributed by atoms with Crippen LogP contribution < -0.4 is 0 Å². The molecule has 33 heavy (non-hydrogen) atoms. The molecule has 8 heteroatoms. The van der Waals surface area contributed by atoms with E-state index in [1.807, 2.05) is 0 Å². The summed E-state index contributed by atoms with van der Waals surface area (Å²) in [5, 5.41) is 2.56. The summed E-state index contributed by atoms with van der Waals surface area (Å²) in [5.74, 6) is 0.347. The summed E-state index contributed by atoms with van der Waals surface area (Å²) in [6.45, 7) is 7.03. The number of carbonyl (C=O) groups excluding carboxylic acids is 1. The first-order valence-corrected chi connectivity index (χ1v) is 13.2. The molecule has 3 aromatic heterocycles. The van der Waals surface area contributed by atoms with Crippen LogP contribution in [0.15, 0.2) is 35.6 Å². The first kappa shape index (κ1) is 22.7. The first-order chi connectivity index (χ1) is 15.9. The van der Waals surface area contributed by atoms with Gasteiger partial charge in [-0.15, -0.1) is 11.3 Å². The molecule has 4 aromatic rings. The highest BCUT2D eigenvalue weighted by atomic mass is 35.5. The SMILES string of the molecule is CCCc1nc2sc3c(SCC(=O)c4ccc(Cl)cc4)ncnc3c2c2c1COC(C)(C)C2. The molecule has 0 aliphatic carbocycles. The number of thioether (sulfide) groups is 1. The highest BCUT2D eigenvalue weighted by Gasteiger charge is 2.31. The van der Waals surface area contributed by atoms with E-state index in [4.69, 9.17) is 21.3 Å². The number of ether oxygens (including phenoxy) is 1. The number of carbonyl (C=O) groups is 1. The minimum Gasteiger partial charge on any atom is -0.370 e. The van der Waals surface area contributed by atoms with Gasteiger partial charge >= 0.3 is 0 Å². The van der Waals surface area contributed by atoms with Crippen molar-refractivity contribution in [3.8, 4) is 0 Å². The molecule has 170 valence electrons. The number of thiophene rings is 1. The summed E-state index contributed by atoms with van der Waals surface area (Å²) in [4.78, 5) is 27.9. The largest absolute Gasteiger partial charge is 0.370 e. The second-order valence-corrected chi connectivity index (χ2v) is 11.2. The maximum atomic E-state index is 12.7. The molecule has 0 unspecified atom stereocenters. The highest BCUT2D eigenvalue weighted by Crippen LogP contribution is 2.42. The van der Waals surface area contributed by atoms with Crippen molar-refractivity contribution in [2.45, 2.75) is 57.3 Å². The summed E-state index contributed by atoms with van der Waals surface area (Å²) in [7, 11) is 0. The quantitative estimate of drug-likeness (QED) is 0.168. The minimum atomic E-state index is -0.228. The number of hydrogen-bond acceptors (Lipinski definition) is 7.